The highest BCUT2D eigenvalue weighted by molar-refractivity contribution is 5.72. The number of hydrogen-bond acceptors (Lipinski definition) is 3. The van der Waals surface area contributed by atoms with E-state index in [0.717, 1.165) is 18.9 Å². The van der Waals surface area contributed by atoms with E-state index in [1.807, 2.05) is 0 Å². The lowest BCUT2D eigenvalue weighted by Gasteiger charge is -2.34. The summed E-state index contributed by atoms with van der Waals surface area (Å²) in [4.78, 5) is 13.9. The van der Waals surface area contributed by atoms with Crippen molar-refractivity contribution < 1.29 is 9.53 Å². The van der Waals surface area contributed by atoms with Crippen LogP contribution in [-0.4, -0.2) is 37.6 Å². The normalized spacial score (nSPS) is 37.4. The van der Waals surface area contributed by atoms with Crippen molar-refractivity contribution in [3.8, 4) is 0 Å². The summed E-state index contributed by atoms with van der Waals surface area (Å²) >= 11 is 0. The van der Waals surface area contributed by atoms with Crippen LogP contribution in [0.5, 0.6) is 0 Å². The van der Waals surface area contributed by atoms with Crippen molar-refractivity contribution in [1.82, 2.24) is 4.90 Å². The lowest BCUT2D eigenvalue weighted by Crippen LogP contribution is -2.42. The summed E-state index contributed by atoms with van der Waals surface area (Å²) in [6, 6.07) is 0. The van der Waals surface area contributed by atoms with Gasteiger partial charge < -0.3 is 9.64 Å². The molecular weight excluding hydrogens is 178 g/mol. The molecule has 0 aromatic rings. The molecule has 0 spiro atoms. The second kappa shape index (κ2) is 4.30. The van der Waals surface area contributed by atoms with E-state index in [9.17, 15) is 4.79 Å². The Labute approximate surface area is 85.4 Å². The molecule has 0 aromatic heterocycles. The van der Waals surface area contributed by atoms with Gasteiger partial charge >= 0.3 is 5.97 Å². The largest absolute Gasteiger partial charge is 0.469 e. The number of esters is 1. The van der Waals surface area contributed by atoms with Gasteiger partial charge in [0.25, 0.3) is 0 Å². The first-order valence-electron chi connectivity index (χ1n) is 5.60. The minimum absolute atomic E-state index is 0.0124. The third-order valence-electron chi connectivity index (χ3n) is 3.48. The molecule has 2 fully saturated rings. The fourth-order valence-corrected chi connectivity index (χ4v) is 2.80. The number of nitrogens with zero attached hydrogens (tertiary/aromatic N) is 1. The molecule has 2 bridgehead atoms. The summed E-state index contributed by atoms with van der Waals surface area (Å²) in [5, 5.41) is 0. The second-order valence-corrected chi connectivity index (χ2v) is 4.58. The summed E-state index contributed by atoms with van der Waals surface area (Å²) in [7, 11) is 1.50. The van der Waals surface area contributed by atoms with Crippen LogP contribution in [0.2, 0.25) is 0 Å². The highest BCUT2D eigenvalue weighted by Crippen LogP contribution is 2.29. The Morgan fingerprint density at radius 3 is 3.00 bits per heavy atom. The molecule has 0 saturated carbocycles. The van der Waals surface area contributed by atoms with Crippen molar-refractivity contribution in [2.24, 2.45) is 11.8 Å². The fourth-order valence-electron chi connectivity index (χ4n) is 2.80. The number of hydrogen-bond donors (Lipinski definition) is 0. The van der Waals surface area contributed by atoms with E-state index in [4.69, 9.17) is 4.74 Å². The smallest absolute Gasteiger partial charge is 0.309 e. The SMILES string of the molecule is COC(=O)C1CC2CCCCN(C2)C1. The van der Waals surface area contributed by atoms with Gasteiger partial charge in [0.2, 0.25) is 0 Å². The van der Waals surface area contributed by atoms with Crippen LogP contribution in [0.25, 0.3) is 0 Å². The molecule has 2 aliphatic rings. The van der Waals surface area contributed by atoms with Crippen LogP contribution in [0.15, 0.2) is 0 Å². The Morgan fingerprint density at radius 2 is 2.21 bits per heavy atom. The molecule has 80 valence electrons. The first kappa shape index (κ1) is 9.97. The number of ether oxygens (including phenoxy) is 1. The van der Waals surface area contributed by atoms with Crippen molar-refractivity contribution in [2.45, 2.75) is 25.7 Å². The lowest BCUT2D eigenvalue weighted by atomic mass is 9.87. The van der Waals surface area contributed by atoms with E-state index in [0.29, 0.717) is 0 Å². The Morgan fingerprint density at radius 1 is 1.36 bits per heavy atom. The van der Waals surface area contributed by atoms with Gasteiger partial charge in [-0.05, 0) is 31.7 Å². The Bertz CT molecular complexity index is 203. The molecule has 3 unspecified atom stereocenters. The van der Waals surface area contributed by atoms with E-state index in [-0.39, 0.29) is 11.9 Å². The second-order valence-electron chi connectivity index (χ2n) is 4.58. The van der Waals surface area contributed by atoms with Gasteiger partial charge in [0.15, 0.2) is 0 Å². The van der Waals surface area contributed by atoms with Gasteiger partial charge in [-0.1, -0.05) is 6.42 Å². The molecule has 0 aromatic carbocycles. The number of fused-ring (bicyclic) bond motifs is 2. The third kappa shape index (κ3) is 2.08. The third-order valence-corrected chi connectivity index (χ3v) is 3.48. The van der Waals surface area contributed by atoms with Crippen molar-refractivity contribution in [3.63, 3.8) is 0 Å². The zero-order valence-electron chi connectivity index (χ0n) is 8.87. The van der Waals surface area contributed by atoms with E-state index in [1.54, 1.807) is 0 Å². The molecule has 2 rings (SSSR count). The highest BCUT2D eigenvalue weighted by Gasteiger charge is 2.32. The predicted octanol–water partition coefficient (Wildman–Crippen LogP) is 1.28. The van der Waals surface area contributed by atoms with Crippen molar-refractivity contribution in [1.29, 1.82) is 0 Å². The summed E-state index contributed by atoms with van der Waals surface area (Å²) < 4.78 is 4.83. The fraction of sp³-hybridized carbons (Fsp3) is 0.909. The number of piperidine rings is 1. The van der Waals surface area contributed by atoms with Gasteiger partial charge in [-0.3, -0.25) is 4.79 Å². The van der Waals surface area contributed by atoms with Gasteiger partial charge in [0.05, 0.1) is 13.0 Å². The summed E-state index contributed by atoms with van der Waals surface area (Å²) in [5.41, 5.74) is 0. The quantitative estimate of drug-likeness (QED) is 0.593. The minimum atomic E-state index is -0.0124. The highest BCUT2D eigenvalue weighted by atomic mass is 16.5. The van der Waals surface area contributed by atoms with Gasteiger partial charge in [0, 0.05) is 13.1 Å². The zero-order chi connectivity index (χ0) is 9.97. The van der Waals surface area contributed by atoms with Crippen LogP contribution in [0.1, 0.15) is 25.7 Å². The molecule has 0 amide bonds. The van der Waals surface area contributed by atoms with E-state index in [1.165, 1.54) is 39.5 Å². The first-order valence-corrected chi connectivity index (χ1v) is 5.60. The molecular formula is C11H19NO2. The maximum atomic E-state index is 11.5. The van der Waals surface area contributed by atoms with Crippen molar-refractivity contribution in [3.05, 3.63) is 0 Å². The molecule has 14 heavy (non-hydrogen) atoms. The van der Waals surface area contributed by atoms with Gasteiger partial charge in [-0.15, -0.1) is 0 Å². The summed E-state index contributed by atoms with van der Waals surface area (Å²) in [6.45, 7) is 3.29. The standard InChI is InChI=1S/C11H19NO2/c1-14-11(13)10-6-9-4-2-3-5-12(7-9)8-10/h9-10H,2-8H2,1H3. The maximum absolute atomic E-state index is 11.5. The van der Waals surface area contributed by atoms with Crippen LogP contribution < -0.4 is 0 Å². The van der Waals surface area contributed by atoms with Crippen LogP contribution in [-0.2, 0) is 9.53 Å². The summed E-state index contributed by atoms with van der Waals surface area (Å²) in [5.74, 6) is 0.855. The zero-order valence-corrected chi connectivity index (χ0v) is 8.87. The van der Waals surface area contributed by atoms with Gasteiger partial charge in [-0.2, -0.15) is 0 Å². The molecule has 2 aliphatic heterocycles. The van der Waals surface area contributed by atoms with Gasteiger partial charge in [-0.25, -0.2) is 0 Å². The number of rotatable bonds is 1. The van der Waals surface area contributed by atoms with Crippen LogP contribution in [0.3, 0.4) is 0 Å². The van der Waals surface area contributed by atoms with Crippen molar-refractivity contribution >= 4 is 5.97 Å². The first-order chi connectivity index (χ1) is 6.79. The Kier molecular flexibility index (Phi) is 3.06. The molecule has 0 N–H and O–H groups in total. The molecule has 2 saturated heterocycles. The van der Waals surface area contributed by atoms with Gasteiger partial charge in [0.1, 0.15) is 0 Å². The minimum Gasteiger partial charge on any atom is -0.469 e. The van der Waals surface area contributed by atoms with E-state index < -0.39 is 0 Å². The lowest BCUT2D eigenvalue weighted by molar-refractivity contribution is -0.148. The number of carbonyl (C=O) groups excluding carboxylic acids is 1. The monoisotopic (exact) mass is 197 g/mol. The van der Waals surface area contributed by atoms with Crippen LogP contribution in [0, 0.1) is 11.8 Å². The van der Waals surface area contributed by atoms with E-state index in [2.05, 4.69) is 4.90 Å². The molecule has 0 aliphatic carbocycles. The molecule has 2 heterocycles. The Balaban J connectivity index is 1.99. The number of methoxy groups -OCH3 is 1. The average Bonchev–Trinajstić information content (AvgIpc) is 2.38. The van der Waals surface area contributed by atoms with E-state index >= 15 is 0 Å². The Hall–Kier alpha value is -0.570. The number of carbonyl (C=O) groups is 1. The molecule has 3 atom stereocenters. The summed E-state index contributed by atoms with van der Waals surface area (Å²) in [6.07, 6.45) is 4.96. The maximum Gasteiger partial charge on any atom is 0.309 e. The topological polar surface area (TPSA) is 29.5 Å². The predicted molar refractivity (Wildman–Crippen MR) is 53.9 cm³/mol. The average molecular weight is 197 g/mol. The van der Waals surface area contributed by atoms with Crippen LogP contribution >= 0.6 is 0 Å². The molecule has 0 radical (unpaired) electrons. The van der Waals surface area contributed by atoms with Crippen LogP contribution in [0.4, 0.5) is 0 Å². The molecule has 3 heteroatoms. The molecule has 3 nitrogen and oxygen atoms in total. The van der Waals surface area contributed by atoms with Crippen molar-refractivity contribution in [2.75, 3.05) is 26.7 Å².